The number of aromatic nitrogens is 1. The summed E-state index contributed by atoms with van der Waals surface area (Å²) in [5.41, 5.74) is 1.12. The van der Waals surface area contributed by atoms with E-state index in [0.29, 0.717) is 17.8 Å². The standard InChI is InChI=1S/C22H27N3O3/c1-2-7-20(26)23-17-11-13-18(14-12-17)25-15-6-10-19(22(25)28)21(27)24-16-8-4-3-5-9-16/h6,10-16H,2-5,7-9H2,1H3,(H,23,26)(H,24,27). The molecule has 0 bridgehead atoms. The third-order valence-electron chi connectivity index (χ3n) is 5.04. The Labute approximate surface area is 165 Å². The molecule has 1 aromatic heterocycles. The van der Waals surface area contributed by atoms with Crippen LogP contribution < -0.4 is 16.2 Å². The van der Waals surface area contributed by atoms with Gasteiger partial charge in [-0.2, -0.15) is 0 Å². The minimum Gasteiger partial charge on any atom is -0.349 e. The summed E-state index contributed by atoms with van der Waals surface area (Å²) in [7, 11) is 0. The molecule has 1 fully saturated rings. The van der Waals surface area contributed by atoms with Crippen molar-refractivity contribution in [1.29, 1.82) is 0 Å². The highest BCUT2D eigenvalue weighted by atomic mass is 16.2. The Morgan fingerprint density at radius 1 is 1.07 bits per heavy atom. The van der Waals surface area contributed by atoms with Crippen molar-refractivity contribution in [1.82, 2.24) is 9.88 Å². The number of benzene rings is 1. The lowest BCUT2D eigenvalue weighted by Crippen LogP contribution is -2.39. The molecule has 28 heavy (non-hydrogen) atoms. The van der Waals surface area contributed by atoms with Gasteiger partial charge in [-0.05, 0) is 55.7 Å². The first kappa shape index (κ1) is 19.9. The molecule has 6 nitrogen and oxygen atoms in total. The van der Waals surface area contributed by atoms with Gasteiger partial charge < -0.3 is 10.6 Å². The maximum Gasteiger partial charge on any atom is 0.267 e. The summed E-state index contributed by atoms with van der Waals surface area (Å²) in [6.07, 6.45) is 8.28. The van der Waals surface area contributed by atoms with E-state index in [1.54, 1.807) is 42.6 Å². The highest BCUT2D eigenvalue weighted by molar-refractivity contribution is 5.94. The fraction of sp³-hybridized carbons (Fsp3) is 0.409. The van der Waals surface area contributed by atoms with E-state index in [0.717, 1.165) is 32.1 Å². The summed E-state index contributed by atoms with van der Waals surface area (Å²) in [4.78, 5) is 37.1. The van der Waals surface area contributed by atoms with Crippen LogP contribution in [0.4, 0.5) is 5.69 Å². The molecule has 148 valence electrons. The van der Waals surface area contributed by atoms with Gasteiger partial charge in [-0.15, -0.1) is 0 Å². The number of hydrogen-bond acceptors (Lipinski definition) is 3. The highest BCUT2D eigenvalue weighted by Gasteiger charge is 2.19. The Balaban J connectivity index is 1.76. The van der Waals surface area contributed by atoms with E-state index in [1.807, 2.05) is 6.92 Å². The number of hydrogen-bond donors (Lipinski definition) is 2. The molecule has 0 unspecified atom stereocenters. The van der Waals surface area contributed by atoms with Crippen molar-refractivity contribution in [3.05, 3.63) is 58.5 Å². The van der Waals surface area contributed by atoms with Crippen LogP contribution in [-0.2, 0) is 4.79 Å². The number of nitrogens with zero attached hydrogens (tertiary/aromatic N) is 1. The zero-order chi connectivity index (χ0) is 19.9. The lowest BCUT2D eigenvalue weighted by molar-refractivity contribution is -0.116. The Morgan fingerprint density at radius 3 is 2.46 bits per heavy atom. The van der Waals surface area contributed by atoms with Crippen molar-refractivity contribution in [2.45, 2.75) is 57.9 Å². The molecule has 6 heteroatoms. The number of pyridine rings is 1. The van der Waals surface area contributed by atoms with E-state index < -0.39 is 0 Å². The van der Waals surface area contributed by atoms with Gasteiger partial charge in [0.2, 0.25) is 5.91 Å². The third-order valence-corrected chi connectivity index (χ3v) is 5.04. The summed E-state index contributed by atoms with van der Waals surface area (Å²) in [5, 5.41) is 5.82. The molecule has 1 aliphatic carbocycles. The summed E-state index contributed by atoms with van der Waals surface area (Å²) in [6.45, 7) is 1.95. The summed E-state index contributed by atoms with van der Waals surface area (Å²) in [6, 6.07) is 10.4. The molecule has 3 rings (SSSR count). The van der Waals surface area contributed by atoms with Gasteiger partial charge in [-0.1, -0.05) is 26.2 Å². The molecule has 2 N–H and O–H groups in total. The fourth-order valence-corrected chi connectivity index (χ4v) is 3.54. The first-order valence-corrected chi connectivity index (χ1v) is 10.0. The number of rotatable bonds is 6. The minimum absolute atomic E-state index is 0.0335. The zero-order valence-corrected chi connectivity index (χ0v) is 16.2. The Kier molecular flexibility index (Phi) is 6.63. The quantitative estimate of drug-likeness (QED) is 0.802. The predicted molar refractivity (Wildman–Crippen MR) is 110 cm³/mol. The molecule has 2 amide bonds. The molecule has 1 aliphatic rings. The minimum atomic E-state index is -0.349. The van der Waals surface area contributed by atoms with Crippen molar-refractivity contribution in [3.63, 3.8) is 0 Å². The van der Waals surface area contributed by atoms with Gasteiger partial charge in [0.25, 0.3) is 11.5 Å². The van der Waals surface area contributed by atoms with Gasteiger partial charge in [0.15, 0.2) is 0 Å². The fourth-order valence-electron chi connectivity index (χ4n) is 3.54. The van der Waals surface area contributed by atoms with Gasteiger partial charge in [0, 0.05) is 30.0 Å². The molecular weight excluding hydrogens is 354 g/mol. The molecule has 1 saturated carbocycles. The van der Waals surface area contributed by atoms with Gasteiger partial charge >= 0.3 is 0 Å². The van der Waals surface area contributed by atoms with E-state index in [-0.39, 0.29) is 29.0 Å². The van der Waals surface area contributed by atoms with Crippen molar-refractivity contribution in [2.24, 2.45) is 0 Å². The lowest BCUT2D eigenvalue weighted by atomic mass is 9.95. The molecule has 1 aromatic carbocycles. The first-order chi connectivity index (χ1) is 13.6. The van der Waals surface area contributed by atoms with E-state index in [2.05, 4.69) is 10.6 Å². The second-order valence-electron chi connectivity index (χ2n) is 7.25. The molecule has 0 atom stereocenters. The van der Waals surface area contributed by atoms with Gasteiger partial charge in [-0.25, -0.2) is 0 Å². The molecule has 2 aromatic rings. The number of carbonyl (C=O) groups excluding carboxylic acids is 2. The molecule has 0 saturated heterocycles. The van der Waals surface area contributed by atoms with Crippen LogP contribution >= 0.6 is 0 Å². The molecule has 0 spiro atoms. The largest absolute Gasteiger partial charge is 0.349 e. The van der Waals surface area contributed by atoms with E-state index >= 15 is 0 Å². The van der Waals surface area contributed by atoms with E-state index in [1.165, 1.54) is 11.0 Å². The predicted octanol–water partition coefficient (Wildman–Crippen LogP) is 3.64. The van der Waals surface area contributed by atoms with Crippen molar-refractivity contribution < 1.29 is 9.59 Å². The van der Waals surface area contributed by atoms with Crippen molar-refractivity contribution >= 4 is 17.5 Å². The molecule has 0 radical (unpaired) electrons. The summed E-state index contributed by atoms with van der Waals surface area (Å²) in [5.74, 6) is -0.344. The normalized spacial score (nSPS) is 14.5. The highest BCUT2D eigenvalue weighted by Crippen LogP contribution is 2.18. The molecule has 1 heterocycles. The van der Waals surface area contributed by atoms with Crippen LogP contribution in [0.15, 0.2) is 47.4 Å². The third kappa shape index (κ3) is 4.88. The first-order valence-electron chi connectivity index (χ1n) is 10.0. The van der Waals surface area contributed by atoms with Gasteiger partial charge in [0.1, 0.15) is 5.56 Å². The van der Waals surface area contributed by atoms with Gasteiger partial charge in [0.05, 0.1) is 0 Å². The van der Waals surface area contributed by atoms with Crippen LogP contribution in [0.25, 0.3) is 5.69 Å². The van der Waals surface area contributed by atoms with Crippen LogP contribution in [0.2, 0.25) is 0 Å². The van der Waals surface area contributed by atoms with Crippen LogP contribution in [0.1, 0.15) is 62.2 Å². The number of anilines is 1. The van der Waals surface area contributed by atoms with Crippen molar-refractivity contribution in [3.8, 4) is 5.69 Å². The average molecular weight is 381 g/mol. The summed E-state index contributed by atoms with van der Waals surface area (Å²) < 4.78 is 1.45. The Bertz CT molecular complexity index is 881. The number of amides is 2. The Morgan fingerprint density at radius 2 is 1.79 bits per heavy atom. The maximum atomic E-state index is 12.8. The molecular formula is C22H27N3O3. The monoisotopic (exact) mass is 381 g/mol. The SMILES string of the molecule is CCCC(=O)Nc1ccc(-n2cccc(C(=O)NC3CCCCC3)c2=O)cc1. The van der Waals surface area contributed by atoms with Crippen LogP contribution in [0, 0.1) is 0 Å². The van der Waals surface area contributed by atoms with Gasteiger partial charge in [-0.3, -0.25) is 19.0 Å². The summed E-state index contributed by atoms with van der Waals surface area (Å²) >= 11 is 0. The number of carbonyl (C=O) groups is 2. The second kappa shape index (κ2) is 9.35. The second-order valence-corrected chi connectivity index (χ2v) is 7.25. The maximum absolute atomic E-state index is 12.8. The number of nitrogens with one attached hydrogen (secondary N) is 2. The van der Waals surface area contributed by atoms with Crippen LogP contribution in [0.5, 0.6) is 0 Å². The van der Waals surface area contributed by atoms with E-state index in [9.17, 15) is 14.4 Å². The topological polar surface area (TPSA) is 80.2 Å². The van der Waals surface area contributed by atoms with Crippen LogP contribution in [-0.4, -0.2) is 22.4 Å². The zero-order valence-electron chi connectivity index (χ0n) is 16.2. The van der Waals surface area contributed by atoms with Crippen LogP contribution in [0.3, 0.4) is 0 Å². The molecule has 0 aliphatic heterocycles. The lowest BCUT2D eigenvalue weighted by Gasteiger charge is -2.22. The Hall–Kier alpha value is -2.89. The van der Waals surface area contributed by atoms with Crippen molar-refractivity contribution in [2.75, 3.05) is 5.32 Å². The van der Waals surface area contributed by atoms with E-state index in [4.69, 9.17) is 0 Å². The average Bonchev–Trinajstić information content (AvgIpc) is 2.70. The smallest absolute Gasteiger partial charge is 0.267 e.